The van der Waals surface area contributed by atoms with Gasteiger partial charge in [0.1, 0.15) is 17.4 Å². The maximum absolute atomic E-state index is 14.8. The summed E-state index contributed by atoms with van der Waals surface area (Å²) in [6.07, 6.45) is 9.49. The van der Waals surface area contributed by atoms with E-state index in [1.54, 1.807) is 9.80 Å². The van der Waals surface area contributed by atoms with Gasteiger partial charge in [-0.25, -0.2) is 0 Å². The van der Waals surface area contributed by atoms with Crippen LogP contribution in [0.1, 0.15) is 67.7 Å². The molecule has 240 valence electrons. The average molecular weight is 608 g/mol. The van der Waals surface area contributed by atoms with Crippen molar-refractivity contribution in [3.05, 3.63) is 48.6 Å². The standard InChI is InChI=1S/C35H49N3O6/c1-8-43-25-15-13-24(14-16-25)36-20-11-17-34(7)26(29(36)40)27-30(41)37(19-9-10-22-39)28-31(42)38(21-12-18-35(27,28)44-34)33(5,6)23-32(2,3)4/h11-18,26-28,39H,8-10,19-23H2,1-7H3/t26-,27-,28?,34+,35-/m0/s1. The van der Waals surface area contributed by atoms with E-state index in [-0.39, 0.29) is 29.7 Å². The lowest BCUT2D eigenvalue weighted by Gasteiger charge is -2.44. The number of aliphatic hydroxyl groups excluding tert-OH is 1. The van der Waals surface area contributed by atoms with E-state index >= 15 is 0 Å². The maximum Gasteiger partial charge on any atom is 0.249 e. The molecule has 44 heavy (non-hydrogen) atoms. The van der Waals surface area contributed by atoms with Crippen molar-refractivity contribution in [1.29, 1.82) is 0 Å². The number of rotatable bonds is 9. The first kappa shape index (κ1) is 32.2. The fraction of sp³-hybridized carbons (Fsp3) is 0.629. The Labute approximate surface area is 261 Å². The topological polar surface area (TPSA) is 99.6 Å². The number of unbranched alkanes of at least 4 members (excludes halogenated alkanes) is 1. The number of aliphatic hydroxyl groups is 1. The Balaban J connectivity index is 1.57. The Morgan fingerprint density at radius 1 is 0.932 bits per heavy atom. The van der Waals surface area contributed by atoms with Crippen LogP contribution in [0.3, 0.4) is 0 Å². The van der Waals surface area contributed by atoms with Crippen molar-refractivity contribution in [3.8, 4) is 5.75 Å². The van der Waals surface area contributed by atoms with Crippen LogP contribution in [0.25, 0.3) is 0 Å². The molecule has 0 bridgehead atoms. The lowest BCUT2D eigenvalue weighted by Crippen LogP contribution is -2.60. The summed E-state index contributed by atoms with van der Waals surface area (Å²) in [4.78, 5) is 49.1. The second-order valence-corrected chi connectivity index (χ2v) is 14.6. The highest BCUT2D eigenvalue weighted by Crippen LogP contribution is 2.58. The van der Waals surface area contributed by atoms with Gasteiger partial charge in [0.2, 0.25) is 17.7 Å². The van der Waals surface area contributed by atoms with Gasteiger partial charge < -0.3 is 29.3 Å². The summed E-state index contributed by atoms with van der Waals surface area (Å²) in [5.74, 6) is -1.61. The molecule has 0 saturated carbocycles. The largest absolute Gasteiger partial charge is 0.494 e. The second-order valence-electron chi connectivity index (χ2n) is 14.6. The molecule has 1 spiro atoms. The van der Waals surface area contributed by atoms with E-state index in [1.807, 2.05) is 67.3 Å². The zero-order valence-corrected chi connectivity index (χ0v) is 27.3. The van der Waals surface area contributed by atoms with E-state index in [4.69, 9.17) is 9.47 Å². The number of carbonyl (C=O) groups excluding carboxylic acids is 3. The molecule has 4 heterocycles. The molecule has 4 aliphatic rings. The van der Waals surface area contributed by atoms with Crippen LogP contribution in [0.4, 0.5) is 5.69 Å². The van der Waals surface area contributed by atoms with E-state index in [2.05, 4.69) is 34.6 Å². The van der Waals surface area contributed by atoms with Crippen LogP contribution in [0.2, 0.25) is 0 Å². The number of hydrogen-bond acceptors (Lipinski definition) is 6. The number of ether oxygens (including phenoxy) is 2. The molecule has 9 heteroatoms. The van der Waals surface area contributed by atoms with Gasteiger partial charge in [0.05, 0.1) is 24.0 Å². The quantitative estimate of drug-likeness (QED) is 0.331. The summed E-state index contributed by atoms with van der Waals surface area (Å²) >= 11 is 0. The van der Waals surface area contributed by atoms with Crippen molar-refractivity contribution in [2.75, 3.05) is 37.7 Å². The average Bonchev–Trinajstić information content (AvgIpc) is 3.18. The number of benzene rings is 1. The summed E-state index contributed by atoms with van der Waals surface area (Å²) in [5, 5.41) is 9.51. The van der Waals surface area contributed by atoms with Gasteiger partial charge in [0.25, 0.3) is 0 Å². The molecule has 0 aliphatic carbocycles. The van der Waals surface area contributed by atoms with Crippen LogP contribution in [-0.4, -0.2) is 88.3 Å². The van der Waals surface area contributed by atoms with Crippen molar-refractivity contribution in [3.63, 3.8) is 0 Å². The Hall–Kier alpha value is -3.17. The lowest BCUT2D eigenvalue weighted by atomic mass is 9.74. The molecule has 0 aromatic heterocycles. The first-order valence-corrected chi connectivity index (χ1v) is 16.0. The molecule has 4 aliphatic heterocycles. The number of likely N-dealkylation sites (tertiary alicyclic amines) is 1. The fourth-order valence-electron chi connectivity index (χ4n) is 8.21. The number of amides is 3. The predicted molar refractivity (Wildman–Crippen MR) is 169 cm³/mol. The van der Waals surface area contributed by atoms with Crippen LogP contribution in [-0.2, 0) is 19.1 Å². The Kier molecular flexibility index (Phi) is 8.53. The molecule has 5 atom stereocenters. The Bertz CT molecular complexity index is 1330. The van der Waals surface area contributed by atoms with Crippen LogP contribution >= 0.6 is 0 Å². The number of hydrogen-bond donors (Lipinski definition) is 1. The maximum atomic E-state index is 14.8. The van der Waals surface area contributed by atoms with Gasteiger partial charge in [-0.05, 0) is 76.6 Å². The lowest BCUT2D eigenvalue weighted by molar-refractivity contribution is -0.155. The van der Waals surface area contributed by atoms with Crippen molar-refractivity contribution in [2.24, 2.45) is 17.3 Å². The normalized spacial score (nSPS) is 30.3. The summed E-state index contributed by atoms with van der Waals surface area (Å²) in [6, 6.07) is 6.48. The fourth-order valence-corrected chi connectivity index (χ4v) is 8.21. The molecule has 3 amide bonds. The van der Waals surface area contributed by atoms with Crippen LogP contribution in [0.15, 0.2) is 48.6 Å². The van der Waals surface area contributed by atoms with E-state index in [0.717, 1.165) is 12.2 Å². The summed E-state index contributed by atoms with van der Waals surface area (Å²) in [6.45, 7) is 16.0. The second kappa shape index (κ2) is 11.6. The molecular weight excluding hydrogens is 558 g/mol. The zero-order valence-electron chi connectivity index (χ0n) is 27.3. The van der Waals surface area contributed by atoms with Gasteiger partial charge in [0, 0.05) is 37.5 Å². The van der Waals surface area contributed by atoms with E-state index < -0.39 is 34.6 Å². The molecular formula is C35H49N3O6. The van der Waals surface area contributed by atoms with E-state index in [0.29, 0.717) is 44.8 Å². The molecule has 1 N–H and O–H groups in total. The van der Waals surface area contributed by atoms with Gasteiger partial charge in [-0.1, -0.05) is 45.1 Å². The van der Waals surface area contributed by atoms with Crippen molar-refractivity contribution in [1.82, 2.24) is 9.80 Å². The molecule has 0 radical (unpaired) electrons. The number of anilines is 1. The highest BCUT2D eigenvalue weighted by molar-refractivity contribution is 6.04. The summed E-state index contributed by atoms with van der Waals surface area (Å²) in [5.41, 5.74) is -2.21. The highest BCUT2D eigenvalue weighted by atomic mass is 16.5. The molecule has 2 saturated heterocycles. The number of nitrogens with zero attached hydrogens (tertiary/aromatic N) is 3. The molecule has 5 rings (SSSR count). The van der Waals surface area contributed by atoms with Crippen LogP contribution in [0, 0.1) is 17.3 Å². The summed E-state index contributed by atoms with van der Waals surface area (Å²) < 4.78 is 12.6. The van der Waals surface area contributed by atoms with Crippen LogP contribution < -0.4 is 9.64 Å². The minimum absolute atomic E-state index is 0.00260. The Morgan fingerprint density at radius 3 is 2.25 bits per heavy atom. The van der Waals surface area contributed by atoms with Gasteiger partial charge in [-0.2, -0.15) is 0 Å². The van der Waals surface area contributed by atoms with Crippen LogP contribution in [0.5, 0.6) is 5.75 Å². The molecule has 1 unspecified atom stereocenters. The monoisotopic (exact) mass is 607 g/mol. The van der Waals surface area contributed by atoms with Gasteiger partial charge in [-0.15, -0.1) is 0 Å². The minimum Gasteiger partial charge on any atom is -0.494 e. The summed E-state index contributed by atoms with van der Waals surface area (Å²) in [7, 11) is 0. The molecule has 1 aromatic rings. The smallest absolute Gasteiger partial charge is 0.249 e. The predicted octanol–water partition coefficient (Wildman–Crippen LogP) is 4.34. The van der Waals surface area contributed by atoms with Crippen molar-refractivity contribution < 1.29 is 29.0 Å². The number of fused-ring (bicyclic) bond motifs is 2. The molecule has 2 fully saturated rings. The van der Waals surface area contributed by atoms with Crippen molar-refractivity contribution >= 4 is 23.4 Å². The van der Waals surface area contributed by atoms with Crippen molar-refractivity contribution in [2.45, 2.75) is 90.5 Å². The molecule has 1 aromatic carbocycles. The van der Waals surface area contributed by atoms with E-state index in [9.17, 15) is 19.5 Å². The van der Waals surface area contributed by atoms with Gasteiger partial charge in [-0.3, -0.25) is 14.4 Å². The first-order chi connectivity index (χ1) is 20.7. The van der Waals surface area contributed by atoms with Gasteiger partial charge >= 0.3 is 0 Å². The van der Waals surface area contributed by atoms with Gasteiger partial charge in [0.15, 0.2) is 0 Å². The first-order valence-electron chi connectivity index (χ1n) is 16.0. The number of carbonyl (C=O) groups is 3. The highest BCUT2D eigenvalue weighted by Gasteiger charge is 2.75. The minimum atomic E-state index is -1.30. The third-order valence-corrected chi connectivity index (χ3v) is 9.52. The SMILES string of the molecule is CCOc1ccc(N2CC=C[C@@]3(C)O[C@]45C=CCN(C(C)(C)CC(C)(C)C)C(=O)C4N(CCCCO)C(=O)[C@@H]5[C@H]3C2=O)cc1. The van der Waals surface area contributed by atoms with E-state index in [1.165, 1.54) is 0 Å². The third kappa shape index (κ3) is 5.47. The Morgan fingerprint density at radius 2 is 1.61 bits per heavy atom. The third-order valence-electron chi connectivity index (χ3n) is 9.52. The zero-order chi connectivity index (χ0) is 32.1. The molecule has 9 nitrogen and oxygen atoms in total.